The number of piperazine rings is 1. The summed E-state index contributed by atoms with van der Waals surface area (Å²) in [4.78, 5) is 28.1. The topological polar surface area (TPSA) is 40.6 Å². The molecule has 0 radical (unpaired) electrons. The second-order valence-corrected chi connectivity index (χ2v) is 5.95. The van der Waals surface area contributed by atoms with Crippen molar-refractivity contribution in [3.63, 3.8) is 0 Å². The highest BCUT2D eigenvalue weighted by atomic mass is 16.2. The number of hydrogen-bond donors (Lipinski definition) is 0. The van der Waals surface area contributed by atoms with E-state index in [9.17, 15) is 9.59 Å². The van der Waals surface area contributed by atoms with Crippen LogP contribution >= 0.6 is 0 Å². The Labute approximate surface area is 136 Å². The van der Waals surface area contributed by atoms with Crippen LogP contribution in [0.3, 0.4) is 0 Å². The van der Waals surface area contributed by atoms with Crippen LogP contribution in [0.2, 0.25) is 0 Å². The zero-order valence-electron chi connectivity index (χ0n) is 13.5. The van der Waals surface area contributed by atoms with Crippen LogP contribution in [0.5, 0.6) is 0 Å². The van der Waals surface area contributed by atoms with Crippen LogP contribution in [0.1, 0.15) is 16.7 Å². The molecular formula is C19H20N2O2. The maximum absolute atomic E-state index is 12.4. The van der Waals surface area contributed by atoms with Crippen molar-refractivity contribution in [1.29, 1.82) is 0 Å². The van der Waals surface area contributed by atoms with E-state index in [1.54, 1.807) is 9.80 Å². The highest BCUT2D eigenvalue weighted by molar-refractivity contribution is 6.40. The predicted molar refractivity (Wildman–Crippen MR) is 90.1 cm³/mol. The molecule has 0 unspecified atom stereocenters. The summed E-state index contributed by atoms with van der Waals surface area (Å²) in [6.07, 6.45) is 0. The first kappa shape index (κ1) is 15.3. The largest absolute Gasteiger partial charge is 0.328 e. The molecule has 1 heterocycles. The van der Waals surface area contributed by atoms with E-state index in [2.05, 4.69) is 18.2 Å². The standard InChI is InChI=1S/C19H20N2O2/c1-14-8-9-15(2)16(12-14)13-20-10-11-21(19(23)18(20)22)17-6-4-3-5-7-17/h3-9,12H,10-11,13H2,1-2H3. The molecule has 4 heteroatoms. The van der Waals surface area contributed by atoms with Crippen molar-refractivity contribution in [3.05, 3.63) is 65.2 Å². The summed E-state index contributed by atoms with van der Waals surface area (Å²) < 4.78 is 0. The predicted octanol–water partition coefficient (Wildman–Crippen LogP) is 2.68. The first-order valence-corrected chi connectivity index (χ1v) is 7.78. The molecule has 0 aliphatic carbocycles. The van der Waals surface area contributed by atoms with E-state index in [4.69, 9.17) is 0 Å². The Bertz CT molecular complexity index is 740. The molecule has 1 saturated heterocycles. The summed E-state index contributed by atoms with van der Waals surface area (Å²) in [5, 5.41) is 0. The summed E-state index contributed by atoms with van der Waals surface area (Å²) in [6, 6.07) is 15.5. The van der Waals surface area contributed by atoms with Crippen molar-refractivity contribution in [1.82, 2.24) is 4.90 Å². The van der Waals surface area contributed by atoms with Gasteiger partial charge in [0.2, 0.25) is 0 Å². The molecule has 118 valence electrons. The monoisotopic (exact) mass is 308 g/mol. The number of amides is 2. The van der Waals surface area contributed by atoms with Crippen LogP contribution in [0.4, 0.5) is 5.69 Å². The summed E-state index contributed by atoms with van der Waals surface area (Å²) in [5.74, 6) is -0.881. The average Bonchev–Trinajstić information content (AvgIpc) is 2.56. The van der Waals surface area contributed by atoms with Crippen molar-refractivity contribution in [3.8, 4) is 0 Å². The zero-order chi connectivity index (χ0) is 16.4. The fraction of sp³-hybridized carbons (Fsp3) is 0.263. The molecule has 0 saturated carbocycles. The quantitative estimate of drug-likeness (QED) is 0.818. The molecule has 2 aromatic carbocycles. The van der Waals surface area contributed by atoms with Gasteiger partial charge in [-0.3, -0.25) is 9.59 Å². The minimum Gasteiger partial charge on any atom is -0.328 e. The van der Waals surface area contributed by atoms with E-state index < -0.39 is 11.8 Å². The lowest BCUT2D eigenvalue weighted by Gasteiger charge is -2.34. The normalized spacial score (nSPS) is 15.2. The molecule has 0 spiro atoms. The maximum Gasteiger partial charge on any atom is 0.316 e. The Morgan fingerprint density at radius 2 is 1.65 bits per heavy atom. The number of para-hydroxylation sites is 1. The number of aryl methyl sites for hydroxylation is 2. The van der Waals surface area contributed by atoms with E-state index in [0.29, 0.717) is 19.6 Å². The first-order valence-electron chi connectivity index (χ1n) is 7.78. The van der Waals surface area contributed by atoms with Gasteiger partial charge in [0.15, 0.2) is 0 Å². The molecule has 4 nitrogen and oxygen atoms in total. The van der Waals surface area contributed by atoms with Crippen molar-refractivity contribution >= 4 is 17.5 Å². The number of anilines is 1. The van der Waals surface area contributed by atoms with Crippen LogP contribution < -0.4 is 4.90 Å². The fourth-order valence-electron chi connectivity index (χ4n) is 2.86. The molecule has 0 aromatic heterocycles. The van der Waals surface area contributed by atoms with Crippen molar-refractivity contribution < 1.29 is 9.59 Å². The fourth-order valence-corrected chi connectivity index (χ4v) is 2.86. The number of carbonyl (C=O) groups excluding carboxylic acids is 2. The molecule has 2 aromatic rings. The van der Waals surface area contributed by atoms with Crippen molar-refractivity contribution in [2.75, 3.05) is 18.0 Å². The van der Waals surface area contributed by atoms with Gasteiger partial charge in [-0.2, -0.15) is 0 Å². The Balaban J connectivity index is 1.77. The molecule has 1 aliphatic heterocycles. The Kier molecular flexibility index (Phi) is 4.15. The van der Waals surface area contributed by atoms with Crippen LogP contribution in [0.25, 0.3) is 0 Å². The lowest BCUT2D eigenvalue weighted by atomic mass is 10.0. The van der Waals surface area contributed by atoms with Gasteiger partial charge in [0.25, 0.3) is 0 Å². The minimum absolute atomic E-state index is 0.430. The van der Waals surface area contributed by atoms with Gasteiger partial charge in [0.05, 0.1) is 0 Å². The second kappa shape index (κ2) is 6.24. The third kappa shape index (κ3) is 3.11. The molecule has 0 bridgehead atoms. The first-order chi connectivity index (χ1) is 11.1. The average molecular weight is 308 g/mol. The lowest BCUT2D eigenvalue weighted by molar-refractivity contribution is -0.146. The number of rotatable bonds is 3. The highest BCUT2D eigenvalue weighted by Gasteiger charge is 2.33. The van der Waals surface area contributed by atoms with Gasteiger partial charge in [0, 0.05) is 25.3 Å². The number of hydrogen-bond acceptors (Lipinski definition) is 2. The second-order valence-electron chi connectivity index (χ2n) is 5.95. The number of carbonyl (C=O) groups is 2. The SMILES string of the molecule is Cc1ccc(C)c(CN2CCN(c3ccccc3)C(=O)C2=O)c1. The van der Waals surface area contributed by atoms with Gasteiger partial charge in [-0.1, -0.05) is 42.0 Å². The van der Waals surface area contributed by atoms with Crippen LogP contribution in [0.15, 0.2) is 48.5 Å². The molecule has 1 aliphatic rings. The minimum atomic E-state index is -0.451. The van der Waals surface area contributed by atoms with Gasteiger partial charge in [-0.25, -0.2) is 0 Å². The molecular weight excluding hydrogens is 288 g/mol. The zero-order valence-corrected chi connectivity index (χ0v) is 13.5. The van der Waals surface area contributed by atoms with Gasteiger partial charge in [0.1, 0.15) is 0 Å². The molecule has 2 amide bonds. The summed E-state index contributed by atoms with van der Waals surface area (Å²) in [5.41, 5.74) is 4.17. The van der Waals surface area contributed by atoms with E-state index >= 15 is 0 Å². The number of benzene rings is 2. The van der Waals surface area contributed by atoms with E-state index in [1.807, 2.05) is 44.2 Å². The highest BCUT2D eigenvalue weighted by Crippen LogP contribution is 2.20. The molecule has 1 fully saturated rings. The van der Waals surface area contributed by atoms with Crippen LogP contribution in [-0.4, -0.2) is 29.8 Å². The molecule has 3 rings (SSSR count). The molecule has 0 N–H and O–H groups in total. The van der Waals surface area contributed by atoms with Crippen molar-refractivity contribution in [2.24, 2.45) is 0 Å². The van der Waals surface area contributed by atoms with Crippen LogP contribution in [-0.2, 0) is 16.1 Å². The van der Waals surface area contributed by atoms with E-state index in [-0.39, 0.29) is 0 Å². The van der Waals surface area contributed by atoms with Gasteiger partial charge < -0.3 is 9.80 Å². The van der Waals surface area contributed by atoms with Gasteiger partial charge >= 0.3 is 11.8 Å². The summed E-state index contributed by atoms with van der Waals surface area (Å²) in [7, 11) is 0. The third-order valence-electron chi connectivity index (χ3n) is 4.24. The van der Waals surface area contributed by atoms with Gasteiger partial charge in [-0.15, -0.1) is 0 Å². The summed E-state index contributed by atoms with van der Waals surface area (Å²) >= 11 is 0. The lowest BCUT2D eigenvalue weighted by Crippen LogP contribution is -2.54. The summed E-state index contributed by atoms with van der Waals surface area (Å²) in [6.45, 7) is 5.62. The Morgan fingerprint density at radius 3 is 2.39 bits per heavy atom. The Morgan fingerprint density at radius 1 is 0.913 bits per heavy atom. The molecule has 23 heavy (non-hydrogen) atoms. The maximum atomic E-state index is 12.4. The van der Waals surface area contributed by atoms with Gasteiger partial charge in [-0.05, 0) is 37.1 Å². The number of nitrogens with zero attached hydrogens (tertiary/aromatic N) is 2. The van der Waals surface area contributed by atoms with E-state index in [1.165, 1.54) is 0 Å². The Hall–Kier alpha value is -2.62. The van der Waals surface area contributed by atoms with E-state index in [0.717, 1.165) is 22.4 Å². The molecule has 0 atom stereocenters. The third-order valence-corrected chi connectivity index (χ3v) is 4.24. The van der Waals surface area contributed by atoms with Crippen LogP contribution in [0, 0.1) is 13.8 Å². The smallest absolute Gasteiger partial charge is 0.316 e. The van der Waals surface area contributed by atoms with Crippen molar-refractivity contribution in [2.45, 2.75) is 20.4 Å².